The minimum Gasteiger partial charge on any atom is -0.506 e. The Morgan fingerprint density at radius 2 is 1.71 bits per heavy atom. The van der Waals surface area contributed by atoms with E-state index in [0.717, 1.165) is 0 Å². The lowest BCUT2D eigenvalue weighted by Gasteiger charge is -2.28. The average Bonchev–Trinajstić information content (AvgIpc) is 2.75. The number of hydrogen-bond acceptors (Lipinski definition) is 8. The molecule has 3 rings (SSSR count). The second-order valence-electron chi connectivity index (χ2n) is 6.01. The summed E-state index contributed by atoms with van der Waals surface area (Å²) in [5, 5.41) is 34.7. The van der Waals surface area contributed by atoms with E-state index in [2.05, 4.69) is 6.07 Å². The predicted molar refractivity (Wildman–Crippen MR) is 117 cm³/mol. The van der Waals surface area contributed by atoms with Crippen molar-refractivity contribution in [2.45, 2.75) is 19.8 Å². The molecule has 0 amide bonds. The van der Waals surface area contributed by atoms with Crippen molar-refractivity contribution in [3.63, 3.8) is 0 Å². The van der Waals surface area contributed by atoms with E-state index in [9.17, 15) is 10.4 Å². The van der Waals surface area contributed by atoms with Gasteiger partial charge in [0.15, 0.2) is 0 Å². The number of benzene rings is 2. The molecule has 0 saturated carbocycles. The summed E-state index contributed by atoms with van der Waals surface area (Å²) in [7, 11) is 3.09. The number of halogens is 1. The number of fused-ring (bicyclic) bond motifs is 1. The Bertz CT molecular complexity index is 954. The van der Waals surface area contributed by atoms with Crippen LogP contribution < -0.4 is 19.9 Å². The lowest BCUT2D eigenvalue weighted by molar-refractivity contribution is 0.318. The molecule has 8 nitrogen and oxygen atoms in total. The Kier molecular flexibility index (Phi) is 10.5. The third kappa shape index (κ3) is 6.18. The van der Waals surface area contributed by atoms with Crippen LogP contribution in [0.3, 0.4) is 0 Å². The fraction of sp³-hybridized carbons (Fsp3) is 0.318. The Morgan fingerprint density at radius 3 is 2.23 bits per heavy atom. The lowest BCUT2D eigenvalue weighted by atomic mass is 9.83. The fourth-order valence-electron chi connectivity index (χ4n) is 2.85. The highest BCUT2D eigenvalue weighted by atomic mass is 35.5. The van der Waals surface area contributed by atoms with E-state index in [4.69, 9.17) is 41.8 Å². The lowest BCUT2D eigenvalue weighted by Crippen LogP contribution is -2.21. The quantitative estimate of drug-likeness (QED) is 0.558. The highest BCUT2D eigenvalue weighted by Crippen LogP contribution is 2.48. The number of nitriles is 1. The minimum absolute atomic E-state index is 0.0356. The van der Waals surface area contributed by atoms with Crippen molar-refractivity contribution in [2.75, 3.05) is 27.4 Å². The summed E-state index contributed by atoms with van der Waals surface area (Å²) in [6.45, 7) is 3.86. The molecule has 9 heteroatoms. The van der Waals surface area contributed by atoms with Crippen LogP contribution in [0.2, 0.25) is 5.02 Å². The zero-order chi connectivity index (χ0) is 23.6. The molecule has 0 saturated heterocycles. The maximum atomic E-state index is 9.85. The van der Waals surface area contributed by atoms with Gasteiger partial charge in [-0.15, -0.1) is 0 Å². The van der Waals surface area contributed by atoms with E-state index >= 15 is 0 Å². The molecule has 0 spiro atoms. The SMILES string of the molecule is CCO.CCO.COc1ccc(OC)c(C2C(C#N)=C(N)Oc3cc(O)c(Cl)cc32)c1. The fourth-order valence-corrected chi connectivity index (χ4v) is 3.02. The second kappa shape index (κ2) is 12.5. The maximum Gasteiger partial charge on any atom is 0.205 e. The van der Waals surface area contributed by atoms with Gasteiger partial charge in [0.2, 0.25) is 5.88 Å². The van der Waals surface area contributed by atoms with Crippen molar-refractivity contribution < 1.29 is 29.5 Å². The van der Waals surface area contributed by atoms with Gasteiger partial charge >= 0.3 is 0 Å². The number of ether oxygens (including phenoxy) is 3. The highest BCUT2D eigenvalue weighted by Gasteiger charge is 2.33. The Balaban J connectivity index is 0.000000720. The smallest absolute Gasteiger partial charge is 0.205 e. The van der Waals surface area contributed by atoms with Crippen LogP contribution in [0, 0.1) is 11.3 Å². The molecule has 5 N–H and O–H groups in total. The molecule has 1 atom stereocenters. The molecule has 168 valence electrons. The van der Waals surface area contributed by atoms with Gasteiger partial charge in [0.1, 0.15) is 34.6 Å². The Hall–Kier alpha value is -3.12. The van der Waals surface area contributed by atoms with Crippen LogP contribution in [0.15, 0.2) is 41.8 Å². The van der Waals surface area contributed by atoms with E-state index in [1.807, 2.05) is 0 Å². The van der Waals surface area contributed by atoms with Crippen molar-refractivity contribution in [1.82, 2.24) is 0 Å². The number of nitrogens with zero attached hydrogens (tertiary/aromatic N) is 1. The first kappa shape index (κ1) is 25.9. The van der Waals surface area contributed by atoms with Crippen LogP contribution >= 0.6 is 11.6 Å². The molecule has 0 radical (unpaired) electrons. The summed E-state index contributed by atoms with van der Waals surface area (Å²) in [6.07, 6.45) is 0. The molecular weight excluding hydrogens is 424 g/mol. The Labute approximate surface area is 186 Å². The maximum absolute atomic E-state index is 9.85. The van der Waals surface area contributed by atoms with Gasteiger partial charge < -0.3 is 35.3 Å². The van der Waals surface area contributed by atoms with Gasteiger partial charge in [0, 0.05) is 30.4 Å². The summed E-state index contributed by atoms with van der Waals surface area (Å²) in [6, 6.07) is 10.3. The van der Waals surface area contributed by atoms with E-state index < -0.39 is 5.92 Å². The third-order valence-electron chi connectivity index (χ3n) is 4.03. The number of rotatable bonds is 3. The van der Waals surface area contributed by atoms with Crippen LogP contribution in [0.25, 0.3) is 0 Å². The van der Waals surface area contributed by atoms with E-state index in [0.29, 0.717) is 28.4 Å². The Morgan fingerprint density at radius 1 is 1.10 bits per heavy atom. The number of methoxy groups -OCH3 is 2. The number of nitrogens with two attached hydrogens (primary N) is 1. The number of phenolic OH excluding ortho intramolecular Hbond substituents is 1. The van der Waals surface area contributed by atoms with E-state index in [1.54, 1.807) is 45.2 Å². The van der Waals surface area contributed by atoms with E-state index in [-0.39, 0.29) is 35.4 Å². The molecule has 0 aliphatic carbocycles. The van der Waals surface area contributed by atoms with Crippen LogP contribution in [0.4, 0.5) is 0 Å². The highest BCUT2D eigenvalue weighted by molar-refractivity contribution is 6.32. The number of phenols is 1. The number of aromatic hydroxyl groups is 1. The van der Waals surface area contributed by atoms with Crippen LogP contribution in [-0.4, -0.2) is 42.8 Å². The topological polar surface area (TPSA) is 138 Å². The van der Waals surface area contributed by atoms with Gasteiger partial charge in [0.25, 0.3) is 0 Å². The molecular formula is C22H27ClN2O6. The molecule has 1 unspecified atom stereocenters. The molecule has 31 heavy (non-hydrogen) atoms. The van der Waals surface area contributed by atoms with Gasteiger partial charge in [-0.3, -0.25) is 0 Å². The molecule has 1 aliphatic rings. The summed E-state index contributed by atoms with van der Waals surface area (Å²) in [5.74, 6) is 0.745. The zero-order valence-electron chi connectivity index (χ0n) is 17.8. The van der Waals surface area contributed by atoms with Crippen molar-refractivity contribution in [3.8, 4) is 29.1 Å². The molecule has 0 bridgehead atoms. The molecule has 0 aromatic heterocycles. The van der Waals surface area contributed by atoms with Crippen molar-refractivity contribution in [1.29, 1.82) is 5.26 Å². The molecule has 0 fully saturated rings. The summed E-state index contributed by atoms with van der Waals surface area (Å²) in [5.41, 5.74) is 7.42. The van der Waals surface area contributed by atoms with Crippen LogP contribution in [0.5, 0.6) is 23.0 Å². The zero-order valence-corrected chi connectivity index (χ0v) is 18.6. The minimum atomic E-state index is -0.572. The largest absolute Gasteiger partial charge is 0.506 e. The number of aliphatic hydroxyl groups excluding tert-OH is 2. The molecule has 1 aliphatic heterocycles. The summed E-state index contributed by atoms with van der Waals surface area (Å²) < 4.78 is 16.2. The number of aliphatic hydroxyl groups is 2. The van der Waals surface area contributed by atoms with Crippen molar-refractivity contribution in [3.05, 3.63) is 57.9 Å². The second-order valence-corrected chi connectivity index (χ2v) is 6.41. The van der Waals surface area contributed by atoms with Crippen LogP contribution in [-0.2, 0) is 0 Å². The third-order valence-corrected chi connectivity index (χ3v) is 4.34. The molecule has 1 heterocycles. The van der Waals surface area contributed by atoms with Gasteiger partial charge in [0.05, 0.1) is 25.2 Å². The first-order valence-electron chi connectivity index (χ1n) is 9.36. The van der Waals surface area contributed by atoms with Gasteiger partial charge in [-0.05, 0) is 38.1 Å². The first-order valence-corrected chi connectivity index (χ1v) is 9.74. The average molecular weight is 451 g/mol. The summed E-state index contributed by atoms with van der Waals surface area (Å²) >= 11 is 6.07. The van der Waals surface area contributed by atoms with Crippen molar-refractivity contribution >= 4 is 11.6 Å². The predicted octanol–water partition coefficient (Wildman–Crippen LogP) is 3.28. The number of allylic oxidation sites excluding steroid dienone is 1. The van der Waals surface area contributed by atoms with Gasteiger partial charge in [-0.2, -0.15) is 5.26 Å². The number of hydrogen-bond donors (Lipinski definition) is 4. The van der Waals surface area contributed by atoms with Crippen LogP contribution in [0.1, 0.15) is 30.9 Å². The summed E-state index contributed by atoms with van der Waals surface area (Å²) in [4.78, 5) is 0. The monoisotopic (exact) mass is 450 g/mol. The molecule has 2 aromatic carbocycles. The van der Waals surface area contributed by atoms with E-state index in [1.165, 1.54) is 13.2 Å². The van der Waals surface area contributed by atoms with Gasteiger partial charge in [-0.1, -0.05) is 11.6 Å². The van der Waals surface area contributed by atoms with Crippen molar-refractivity contribution in [2.24, 2.45) is 5.73 Å². The van der Waals surface area contributed by atoms with Gasteiger partial charge in [-0.25, -0.2) is 0 Å². The standard InChI is InChI=1S/C18H15ClN2O4.2C2H6O/c1-23-9-3-4-15(24-2)10(5-9)17-11-6-13(19)14(22)7-16(11)25-18(21)12(17)8-20;2*1-2-3/h3-7,17,22H,21H2,1-2H3;2*3H,2H2,1H3. The normalized spacial score (nSPS) is 13.9. The molecule has 2 aromatic rings. The first-order chi connectivity index (χ1) is 14.8.